The van der Waals surface area contributed by atoms with Crippen molar-refractivity contribution >= 4 is 17.6 Å². The molecule has 0 aliphatic carbocycles. The van der Waals surface area contributed by atoms with Crippen LogP contribution in [0.1, 0.15) is 36.4 Å². The zero-order chi connectivity index (χ0) is 12.6. The second kappa shape index (κ2) is 6.91. The highest BCUT2D eigenvalue weighted by Gasteiger charge is 2.10. The quantitative estimate of drug-likeness (QED) is 0.580. The van der Waals surface area contributed by atoms with Crippen molar-refractivity contribution in [3.8, 4) is 0 Å². The molecular formula is C14H16N2OS. The molecule has 0 saturated heterocycles. The first-order valence-electron chi connectivity index (χ1n) is 6.03. The van der Waals surface area contributed by atoms with Crippen molar-refractivity contribution in [2.24, 2.45) is 5.16 Å². The molecule has 0 unspecified atom stereocenters. The monoisotopic (exact) mass is 260 g/mol. The fourth-order valence-corrected chi connectivity index (χ4v) is 2.14. The van der Waals surface area contributed by atoms with E-state index in [0.29, 0.717) is 0 Å². The maximum atomic E-state index is 5.58. The molecule has 1 atom stereocenters. The van der Waals surface area contributed by atoms with Gasteiger partial charge < -0.3 is 4.84 Å². The number of oxime groups is 1. The summed E-state index contributed by atoms with van der Waals surface area (Å²) in [5.74, 6) is 0. The van der Waals surface area contributed by atoms with Crippen LogP contribution in [0.2, 0.25) is 0 Å². The first kappa shape index (κ1) is 12.8. The van der Waals surface area contributed by atoms with E-state index in [1.165, 1.54) is 0 Å². The third kappa shape index (κ3) is 3.67. The lowest BCUT2D eigenvalue weighted by molar-refractivity contribution is 0.0528. The predicted molar refractivity (Wildman–Crippen MR) is 74.9 cm³/mol. The maximum absolute atomic E-state index is 5.58. The van der Waals surface area contributed by atoms with Crippen LogP contribution in [0.25, 0.3) is 0 Å². The summed E-state index contributed by atoms with van der Waals surface area (Å²) in [7, 11) is 0. The van der Waals surface area contributed by atoms with E-state index in [4.69, 9.17) is 4.84 Å². The molecular weight excluding hydrogens is 244 g/mol. The minimum absolute atomic E-state index is 0.0208. The van der Waals surface area contributed by atoms with Gasteiger partial charge in [-0.25, -0.2) is 4.98 Å². The smallest absolute Gasteiger partial charge is 0.152 e. The Bertz CT molecular complexity index is 468. The molecule has 0 radical (unpaired) electrons. The summed E-state index contributed by atoms with van der Waals surface area (Å²) in [5, 5.41) is 6.81. The average Bonchev–Trinajstić information content (AvgIpc) is 2.92. The van der Waals surface area contributed by atoms with Gasteiger partial charge in [0, 0.05) is 11.6 Å². The Kier molecular flexibility index (Phi) is 4.90. The molecule has 1 aromatic heterocycles. The third-order valence-corrected chi connectivity index (χ3v) is 3.23. The second-order valence-corrected chi connectivity index (χ2v) is 4.82. The van der Waals surface area contributed by atoms with Crippen LogP contribution in [-0.4, -0.2) is 11.2 Å². The standard InChI is InChI=1S/C14H16N2OS/c1-2-6-13(12-7-4-3-5-8-12)17-16-11-14-15-9-10-18-14/h3-5,7-11,13H,2,6H2,1H3/b16-11+/t13-/m0/s1. The zero-order valence-electron chi connectivity index (χ0n) is 10.3. The van der Waals surface area contributed by atoms with Gasteiger partial charge in [-0.15, -0.1) is 11.3 Å². The molecule has 0 aliphatic heterocycles. The van der Waals surface area contributed by atoms with Gasteiger partial charge in [0.25, 0.3) is 0 Å². The fourth-order valence-electron chi connectivity index (χ4n) is 1.66. The number of thiazole rings is 1. The molecule has 0 bridgehead atoms. The molecule has 0 amide bonds. The summed E-state index contributed by atoms with van der Waals surface area (Å²) in [6, 6.07) is 10.2. The Morgan fingerprint density at radius 1 is 1.39 bits per heavy atom. The molecule has 2 rings (SSSR count). The van der Waals surface area contributed by atoms with E-state index in [-0.39, 0.29) is 6.10 Å². The molecule has 0 fully saturated rings. The summed E-state index contributed by atoms with van der Waals surface area (Å²) in [6.07, 6.45) is 5.46. The van der Waals surface area contributed by atoms with Gasteiger partial charge in [0.2, 0.25) is 0 Å². The molecule has 0 aliphatic rings. The largest absolute Gasteiger partial charge is 0.388 e. The van der Waals surface area contributed by atoms with Crippen LogP contribution in [0, 0.1) is 0 Å². The van der Waals surface area contributed by atoms with Crippen LogP contribution < -0.4 is 0 Å². The van der Waals surface area contributed by atoms with Crippen LogP contribution in [0.5, 0.6) is 0 Å². The van der Waals surface area contributed by atoms with Crippen molar-refractivity contribution in [2.75, 3.05) is 0 Å². The van der Waals surface area contributed by atoms with Gasteiger partial charge in [0.05, 0.1) is 0 Å². The van der Waals surface area contributed by atoms with Crippen molar-refractivity contribution in [2.45, 2.75) is 25.9 Å². The highest BCUT2D eigenvalue weighted by Crippen LogP contribution is 2.22. The number of nitrogens with zero attached hydrogens (tertiary/aromatic N) is 2. The van der Waals surface area contributed by atoms with Gasteiger partial charge in [-0.2, -0.15) is 0 Å². The van der Waals surface area contributed by atoms with Crippen LogP contribution in [0.3, 0.4) is 0 Å². The summed E-state index contributed by atoms with van der Waals surface area (Å²) >= 11 is 1.54. The first-order chi connectivity index (χ1) is 8.90. The van der Waals surface area contributed by atoms with E-state index in [1.54, 1.807) is 23.7 Å². The summed E-state index contributed by atoms with van der Waals surface area (Å²) in [5.41, 5.74) is 1.16. The summed E-state index contributed by atoms with van der Waals surface area (Å²) in [6.45, 7) is 2.14. The van der Waals surface area contributed by atoms with E-state index in [9.17, 15) is 0 Å². The van der Waals surface area contributed by atoms with E-state index in [2.05, 4.69) is 29.2 Å². The van der Waals surface area contributed by atoms with Crippen molar-refractivity contribution in [3.05, 3.63) is 52.5 Å². The number of benzene rings is 1. The Hall–Kier alpha value is -1.68. The Morgan fingerprint density at radius 3 is 2.89 bits per heavy atom. The van der Waals surface area contributed by atoms with Crippen molar-refractivity contribution in [1.29, 1.82) is 0 Å². The SMILES string of the molecule is CCC[C@H](O/N=C/c1nccs1)c1ccccc1. The van der Waals surface area contributed by atoms with Crippen molar-refractivity contribution in [1.82, 2.24) is 4.98 Å². The Labute approximate surface area is 111 Å². The highest BCUT2D eigenvalue weighted by molar-refractivity contribution is 7.11. The topological polar surface area (TPSA) is 34.5 Å². The fraction of sp³-hybridized carbons (Fsp3) is 0.286. The number of hydrogen-bond donors (Lipinski definition) is 0. The molecule has 1 heterocycles. The van der Waals surface area contributed by atoms with Crippen LogP contribution in [-0.2, 0) is 4.84 Å². The molecule has 0 spiro atoms. The van der Waals surface area contributed by atoms with Crippen LogP contribution >= 0.6 is 11.3 Å². The molecule has 4 heteroatoms. The Balaban J connectivity index is 1.99. The second-order valence-electron chi connectivity index (χ2n) is 3.90. The number of hydrogen-bond acceptors (Lipinski definition) is 4. The maximum Gasteiger partial charge on any atom is 0.152 e. The van der Waals surface area contributed by atoms with Crippen molar-refractivity contribution in [3.63, 3.8) is 0 Å². The lowest BCUT2D eigenvalue weighted by Crippen LogP contribution is -2.00. The van der Waals surface area contributed by atoms with Gasteiger partial charge in [-0.05, 0) is 12.0 Å². The normalized spacial score (nSPS) is 12.7. The van der Waals surface area contributed by atoms with Gasteiger partial charge in [-0.3, -0.25) is 0 Å². The molecule has 3 nitrogen and oxygen atoms in total. The zero-order valence-corrected chi connectivity index (χ0v) is 11.1. The molecule has 94 valence electrons. The van der Waals surface area contributed by atoms with E-state index in [1.807, 2.05) is 23.6 Å². The predicted octanol–water partition coefficient (Wildman–Crippen LogP) is 4.04. The highest BCUT2D eigenvalue weighted by atomic mass is 32.1. The molecule has 0 N–H and O–H groups in total. The molecule has 2 aromatic rings. The minimum Gasteiger partial charge on any atom is -0.388 e. The first-order valence-corrected chi connectivity index (χ1v) is 6.91. The lowest BCUT2D eigenvalue weighted by atomic mass is 10.1. The van der Waals surface area contributed by atoms with Gasteiger partial charge >= 0.3 is 0 Å². The van der Waals surface area contributed by atoms with E-state index < -0.39 is 0 Å². The number of aromatic nitrogens is 1. The van der Waals surface area contributed by atoms with Crippen LogP contribution in [0.15, 0.2) is 47.1 Å². The third-order valence-electron chi connectivity index (χ3n) is 2.52. The van der Waals surface area contributed by atoms with Gasteiger partial charge in [-0.1, -0.05) is 48.8 Å². The minimum atomic E-state index is 0.0208. The van der Waals surface area contributed by atoms with E-state index >= 15 is 0 Å². The summed E-state index contributed by atoms with van der Waals surface area (Å²) in [4.78, 5) is 9.70. The van der Waals surface area contributed by atoms with Gasteiger partial charge in [0.15, 0.2) is 6.10 Å². The van der Waals surface area contributed by atoms with Gasteiger partial charge in [0.1, 0.15) is 11.2 Å². The lowest BCUT2D eigenvalue weighted by Gasteiger charge is -2.13. The van der Waals surface area contributed by atoms with Crippen molar-refractivity contribution < 1.29 is 4.84 Å². The molecule has 1 aromatic carbocycles. The summed E-state index contributed by atoms with van der Waals surface area (Å²) < 4.78 is 0. The molecule has 18 heavy (non-hydrogen) atoms. The molecule has 0 saturated carbocycles. The average molecular weight is 260 g/mol. The van der Waals surface area contributed by atoms with E-state index in [0.717, 1.165) is 23.4 Å². The number of rotatable bonds is 6. The Morgan fingerprint density at radius 2 is 2.22 bits per heavy atom. The van der Waals surface area contributed by atoms with Crippen LogP contribution in [0.4, 0.5) is 0 Å².